The first-order valence-corrected chi connectivity index (χ1v) is 6.66. The van der Waals surface area contributed by atoms with Crippen LogP contribution in [0.25, 0.3) is 11.3 Å². The van der Waals surface area contributed by atoms with Crippen molar-refractivity contribution in [3.8, 4) is 22.8 Å². The van der Waals surface area contributed by atoms with Gasteiger partial charge in [-0.2, -0.15) is 0 Å². The zero-order chi connectivity index (χ0) is 15.2. The van der Waals surface area contributed by atoms with Crippen molar-refractivity contribution in [3.05, 3.63) is 30.5 Å². The van der Waals surface area contributed by atoms with Gasteiger partial charge >= 0.3 is 0 Å². The third-order valence-corrected chi connectivity index (χ3v) is 3.13. The van der Waals surface area contributed by atoms with Crippen LogP contribution in [0, 0.1) is 0 Å². The minimum atomic E-state index is 0.548. The molecule has 1 aromatic heterocycles. The van der Waals surface area contributed by atoms with E-state index in [-0.39, 0.29) is 0 Å². The van der Waals surface area contributed by atoms with Crippen molar-refractivity contribution < 1.29 is 9.47 Å². The van der Waals surface area contributed by atoms with Crippen LogP contribution in [0.1, 0.15) is 0 Å². The fraction of sp³-hybridized carbons (Fsp3) is 0.333. The number of rotatable bonds is 6. The number of ether oxygens (including phenoxy) is 2. The highest BCUT2D eigenvalue weighted by Gasteiger charge is 2.11. The first-order valence-electron chi connectivity index (χ1n) is 6.66. The fourth-order valence-corrected chi connectivity index (χ4v) is 1.99. The summed E-state index contributed by atoms with van der Waals surface area (Å²) in [6.45, 7) is 1.24. The van der Waals surface area contributed by atoms with Crippen LogP contribution in [-0.2, 0) is 0 Å². The van der Waals surface area contributed by atoms with E-state index in [0.29, 0.717) is 19.0 Å². The molecule has 0 aliphatic rings. The molecule has 6 heteroatoms. The largest absolute Gasteiger partial charge is 0.497 e. The molecule has 0 fully saturated rings. The van der Waals surface area contributed by atoms with Crippen molar-refractivity contribution in [1.29, 1.82) is 0 Å². The van der Waals surface area contributed by atoms with Gasteiger partial charge in [0.05, 0.1) is 19.9 Å². The molecule has 0 saturated heterocycles. The van der Waals surface area contributed by atoms with E-state index in [1.807, 2.05) is 36.2 Å². The summed E-state index contributed by atoms with van der Waals surface area (Å²) in [5.41, 5.74) is 7.21. The number of aromatic nitrogens is 2. The van der Waals surface area contributed by atoms with Crippen molar-refractivity contribution in [2.45, 2.75) is 0 Å². The van der Waals surface area contributed by atoms with E-state index in [1.54, 1.807) is 20.4 Å². The van der Waals surface area contributed by atoms with Gasteiger partial charge in [-0.15, -0.1) is 0 Å². The van der Waals surface area contributed by atoms with Crippen LogP contribution in [0.5, 0.6) is 11.5 Å². The van der Waals surface area contributed by atoms with Crippen molar-refractivity contribution >= 4 is 5.95 Å². The number of methoxy groups -OCH3 is 2. The third-order valence-electron chi connectivity index (χ3n) is 3.13. The first kappa shape index (κ1) is 15.1. The normalized spacial score (nSPS) is 10.3. The molecule has 0 saturated carbocycles. The zero-order valence-corrected chi connectivity index (χ0v) is 12.5. The number of anilines is 1. The average Bonchev–Trinajstić information content (AvgIpc) is 2.54. The Kier molecular flexibility index (Phi) is 4.94. The van der Waals surface area contributed by atoms with E-state index in [0.717, 1.165) is 22.8 Å². The first-order chi connectivity index (χ1) is 10.2. The fourth-order valence-electron chi connectivity index (χ4n) is 1.99. The molecule has 0 bridgehead atoms. The number of nitrogens with zero attached hydrogens (tertiary/aromatic N) is 3. The maximum atomic E-state index is 5.57. The Labute approximate surface area is 124 Å². The number of nitrogens with two attached hydrogens (primary N) is 1. The van der Waals surface area contributed by atoms with Gasteiger partial charge in [0.1, 0.15) is 11.5 Å². The van der Waals surface area contributed by atoms with Crippen molar-refractivity contribution in [3.63, 3.8) is 0 Å². The molecule has 21 heavy (non-hydrogen) atoms. The summed E-state index contributed by atoms with van der Waals surface area (Å²) in [7, 11) is 5.18. The van der Waals surface area contributed by atoms with Crippen LogP contribution in [0.4, 0.5) is 5.95 Å². The molecule has 0 aliphatic heterocycles. The monoisotopic (exact) mass is 288 g/mol. The SMILES string of the molecule is COc1ccc(OC)c(-c2ccnc(N(C)CCN)n2)c1. The van der Waals surface area contributed by atoms with E-state index >= 15 is 0 Å². The van der Waals surface area contributed by atoms with Crippen LogP contribution in [0.3, 0.4) is 0 Å². The number of hydrogen-bond donors (Lipinski definition) is 1. The Morgan fingerprint density at radius 2 is 2.00 bits per heavy atom. The summed E-state index contributed by atoms with van der Waals surface area (Å²) < 4.78 is 10.7. The molecule has 2 aromatic rings. The number of likely N-dealkylation sites (N-methyl/N-ethyl adjacent to an activating group) is 1. The molecule has 0 radical (unpaired) electrons. The summed E-state index contributed by atoms with van der Waals surface area (Å²) >= 11 is 0. The van der Waals surface area contributed by atoms with Crippen LogP contribution < -0.4 is 20.1 Å². The molecular formula is C15H20N4O2. The van der Waals surface area contributed by atoms with Crippen LogP contribution in [0.15, 0.2) is 30.5 Å². The predicted octanol–water partition coefficient (Wildman–Crippen LogP) is 1.56. The number of hydrogen-bond acceptors (Lipinski definition) is 6. The van der Waals surface area contributed by atoms with Crippen LogP contribution in [-0.4, -0.2) is 44.3 Å². The van der Waals surface area contributed by atoms with Gasteiger partial charge in [0.15, 0.2) is 0 Å². The number of benzene rings is 1. The molecule has 2 N–H and O–H groups in total. The predicted molar refractivity (Wildman–Crippen MR) is 82.9 cm³/mol. The molecular weight excluding hydrogens is 268 g/mol. The second kappa shape index (κ2) is 6.90. The van der Waals surface area contributed by atoms with Gasteiger partial charge < -0.3 is 20.1 Å². The smallest absolute Gasteiger partial charge is 0.225 e. The zero-order valence-electron chi connectivity index (χ0n) is 12.5. The van der Waals surface area contributed by atoms with Gasteiger partial charge in [-0.05, 0) is 24.3 Å². The maximum Gasteiger partial charge on any atom is 0.225 e. The lowest BCUT2D eigenvalue weighted by Crippen LogP contribution is -2.26. The van der Waals surface area contributed by atoms with Crippen molar-refractivity contribution in [1.82, 2.24) is 9.97 Å². The Hall–Kier alpha value is -2.34. The lowest BCUT2D eigenvalue weighted by atomic mass is 10.1. The quantitative estimate of drug-likeness (QED) is 0.869. The molecule has 0 aliphatic carbocycles. The van der Waals surface area contributed by atoms with Gasteiger partial charge in [0, 0.05) is 31.9 Å². The Morgan fingerprint density at radius 3 is 2.67 bits per heavy atom. The average molecular weight is 288 g/mol. The summed E-state index contributed by atoms with van der Waals surface area (Å²) in [5, 5.41) is 0. The second-order valence-corrected chi connectivity index (χ2v) is 4.52. The van der Waals surface area contributed by atoms with E-state index in [9.17, 15) is 0 Å². The lowest BCUT2D eigenvalue weighted by Gasteiger charge is -2.17. The Morgan fingerprint density at radius 1 is 1.19 bits per heavy atom. The van der Waals surface area contributed by atoms with E-state index in [4.69, 9.17) is 15.2 Å². The molecule has 112 valence electrons. The summed E-state index contributed by atoms with van der Waals surface area (Å²) in [4.78, 5) is 10.8. The van der Waals surface area contributed by atoms with Gasteiger partial charge in [-0.1, -0.05) is 0 Å². The van der Waals surface area contributed by atoms with Crippen LogP contribution >= 0.6 is 0 Å². The van der Waals surface area contributed by atoms with Gasteiger partial charge in [-0.25, -0.2) is 9.97 Å². The molecule has 6 nitrogen and oxygen atoms in total. The molecule has 0 amide bonds. The molecule has 0 atom stereocenters. The molecule has 2 rings (SSSR count). The van der Waals surface area contributed by atoms with Crippen molar-refractivity contribution in [2.75, 3.05) is 39.3 Å². The molecule has 1 heterocycles. The van der Waals surface area contributed by atoms with E-state index in [1.165, 1.54) is 0 Å². The molecule has 1 aromatic carbocycles. The summed E-state index contributed by atoms with van der Waals surface area (Å²) in [6.07, 6.45) is 1.73. The Balaban J connectivity index is 2.44. The topological polar surface area (TPSA) is 73.5 Å². The second-order valence-electron chi connectivity index (χ2n) is 4.52. The minimum absolute atomic E-state index is 0.548. The standard InChI is InChI=1S/C15H20N4O2/c1-19(9-7-16)15-17-8-6-13(18-15)12-10-11(20-2)4-5-14(12)21-3/h4-6,8,10H,7,9,16H2,1-3H3. The Bertz CT molecular complexity index is 604. The minimum Gasteiger partial charge on any atom is -0.497 e. The summed E-state index contributed by atoms with van der Waals surface area (Å²) in [5.74, 6) is 2.12. The third kappa shape index (κ3) is 3.41. The highest BCUT2D eigenvalue weighted by atomic mass is 16.5. The van der Waals surface area contributed by atoms with Gasteiger partial charge in [0.2, 0.25) is 5.95 Å². The van der Waals surface area contributed by atoms with Crippen LogP contribution in [0.2, 0.25) is 0 Å². The van der Waals surface area contributed by atoms with E-state index in [2.05, 4.69) is 9.97 Å². The lowest BCUT2D eigenvalue weighted by molar-refractivity contribution is 0.404. The molecule has 0 spiro atoms. The maximum absolute atomic E-state index is 5.57. The van der Waals surface area contributed by atoms with Gasteiger partial charge in [-0.3, -0.25) is 0 Å². The molecule has 0 unspecified atom stereocenters. The summed E-state index contributed by atoms with van der Waals surface area (Å²) in [6, 6.07) is 7.45. The highest BCUT2D eigenvalue weighted by Crippen LogP contribution is 2.32. The van der Waals surface area contributed by atoms with Crippen molar-refractivity contribution in [2.24, 2.45) is 5.73 Å². The highest BCUT2D eigenvalue weighted by molar-refractivity contribution is 5.69. The van der Waals surface area contributed by atoms with E-state index < -0.39 is 0 Å². The van der Waals surface area contributed by atoms with Gasteiger partial charge in [0.25, 0.3) is 0 Å².